The first-order chi connectivity index (χ1) is 6.56. The van der Waals surface area contributed by atoms with Crippen molar-refractivity contribution >= 4 is 16.4 Å². The molecule has 0 aliphatic heterocycles. The first kappa shape index (κ1) is 19.6. The summed E-state index contributed by atoms with van der Waals surface area (Å²) < 4.78 is 29.7. The van der Waals surface area contributed by atoms with Crippen LogP contribution in [0.15, 0.2) is 12.7 Å². The largest absolute Gasteiger partial charge is 0.478 e. The minimum atomic E-state index is -4.16. The Bertz CT molecular complexity index is 256. The topological polar surface area (TPSA) is 104 Å². The second kappa shape index (κ2) is 11.1. The lowest BCUT2D eigenvalue weighted by molar-refractivity contribution is -0.131. The van der Waals surface area contributed by atoms with E-state index >= 15 is 0 Å². The van der Waals surface area contributed by atoms with E-state index in [1.807, 2.05) is 26.0 Å². The lowest BCUT2D eigenvalue weighted by Crippen LogP contribution is -1.99. The Kier molecular flexibility index (Phi) is 14.5. The Hall–Kier alpha value is -0.960. The van der Waals surface area contributed by atoms with E-state index in [-0.39, 0.29) is 0 Å². The van der Waals surface area contributed by atoms with Gasteiger partial charge in [-0.2, -0.15) is 8.42 Å². The van der Waals surface area contributed by atoms with Gasteiger partial charge >= 0.3 is 16.4 Å². The molecule has 15 heavy (non-hydrogen) atoms. The fourth-order valence-corrected chi connectivity index (χ4v) is 0. The van der Waals surface area contributed by atoms with Gasteiger partial charge in [0.25, 0.3) is 0 Å². The molecule has 0 aliphatic rings. The first-order valence-electron chi connectivity index (χ1n) is 3.56. The van der Waals surface area contributed by atoms with Crippen LogP contribution in [0.3, 0.4) is 0 Å². The van der Waals surface area contributed by atoms with Gasteiger partial charge in [-0.3, -0.25) is 8.74 Å². The van der Waals surface area contributed by atoms with Gasteiger partial charge in [-0.05, 0) is 21.1 Å². The summed E-state index contributed by atoms with van der Waals surface area (Å²) in [5, 5.41) is 7.60. The van der Waals surface area contributed by atoms with Crippen LogP contribution in [0.5, 0.6) is 0 Å². The SMILES string of the molecule is C=CC(=O)O.CN(C)C.COS(=O)(=O)O. The Labute approximate surface area is 89.9 Å². The zero-order chi connectivity index (χ0) is 13.1. The van der Waals surface area contributed by atoms with Crippen LogP contribution in [-0.4, -0.2) is 57.2 Å². The number of nitrogens with zero attached hydrogens (tertiary/aromatic N) is 1. The fraction of sp³-hybridized carbons (Fsp3) is 0.571. The third-order valence-corrected chi connectivity index (χ3v) is 0.806. The Morgan fingerprint density at radius 2 is 1.53 bits per heavy atom. The van der Waals surface area contributed by atoms with Crippen molar-refractivity contribution < 1.29 is 27.1 Å². The van der Waals surface area contributed by atoms with Crippen LogP contribution in [0.1, 0.15) is 0 Å². The number of hydrogen-bond donors (Lipinski definition) is 2. The summed E-state index contributed by atoms with van der Waals surface area (Å²) in [5.74, 6) is -0.981. The molecule has 0 aromatic carbocycles. The second-order valence-corrected chi connectivity index (χ2v) is 3.67. The highest BCUT2D eigenvalue weighted by Crippen LogP contribution is 1.74. The Balaban J connectivity index is -0.000000147. The van der Waals surface area contributed by atoms with E-state index in [1.165, 1.54) is 0 Å². The van der Waals surface area contributed by atoms with Crippen molar-refractivity contribution in [2.24, 2.45) is 0 Å². The van der Waals surface area contributed by atoms with E-state index in [1.54, 1.807) is 0 Å². The highest BCUT2D eigenvalue weighted by atomic mass is 32.3. The lowest BCUT2D eigenvalue weighted by Gasteiger charge is -1.90. The fourth-order valence-electron chi connectivity index (χ4n) is 0. The lowest BCUT2D eigenvalue weighted by atomic mass is 10.7. The summed E-state index contributed by atoms with van der Waals surface area (Å²) in [6.45, 7) is 2.96. The van der Waals surface area contributed by atoms with Gasteiger partial charge in [-0.15, -0.1) is 0 Å². The first-order valence-corrected chi connectivity index (χ1v) is 4.92. The Morgan fingerprint density at radius 1 is 1.40 bits per heavy atom. The second-order valence-electron chi connectivity index (χ2n) is 2.48. The van der Waals surface area contributed by atoms with Gasteiger partial charge < -0.3 is 10.0 Å². The molecule has 8 heteroatoms. The van der Waals surface area contributed by atoms with Crippen molar-refractivity contribution in [3.63, 3.8) is 0 Å². The van der Waals surface area contributed by atoms with Crippen LogP contribution >= 0.6 is 0 Å². The van der Waals surface area contributed by atoms with E-state index < -0.39 is 16.4 Å². The normalized spacial score (nSPS) is 9.20. The van der Waals surface area contributed by atoms with Gasteiger partial charge in [0, 0.05) is 6.08 Å². The zero-order valence-corrected chi connectivity index (χ0v) is 9.98. The van der Waals surface area contributed by atoms with Crippen molar-refractivity contribution in [1.29, 1.82) is 0 Å². The zero-order valence-electron chi connectivity index (χ0n) is 9.17. The molecule has 0 saturated carbocycles. The summed E-state index contributed by atoms with van der Waals surface area (Å²) in [5.41, 5.74) is 0. The van der Waals surface area contributed by atoms with Crippen molar-refractivity contribution in [3.8, 4) is 0 Å². The van der Waals surface area contributed by atoms with Crippen molar-refractivity contribution in [3.05, 3.63) is 12.7 Å². The van der Waals surface area contributed by atoms with E-state index in [4.69, 9.17) is 9.66 Å². The molecule has 0 amide bonds. The molecule has 0 aromatic heterocycles. The van der Waals surface area contributed by atoms with Crippen LogP contribution < -0.4 is 0 Å². The van der Waals surface area contributed by atoms with E-state index in [2.05, 4.69) is 10.8 Å². The number of aliphatic carboxylic acids is 1. The van der Waals surface area contributed by atoms with Gasteiger partial charge in [-0.25, -0.2) is 4.79 Å². The molecular formula is C7H17NO6S. The third-order valence-electron chi connectivity index (χ3n) is 0.385. The molecule has 0 spiro atoms. The van der Waals surface area contributed by atoms with E-state index in [0.29, 0.717) is 0 Å². The van der Waals surface area contributed by atoms with Crippen molar-refractivity contribution in [2.45, 2.75) is 0 Å². The maximum Gasteiger partial charge on any atom is 0.397 e. The standard InChI is InChI=1S/C3H9N.C3H4O2.CH4O4S/c1-4(2)3;1-2-3(4)5;1-5-6(2,3)4/h1-3H3;2H,1H2,(H,4,5);1H3,(H,2,3,4). The predicted molar refractivity (Wildman–Crippen MR) is 56.0 cm³/mol. The molecule has 92 valence electrons. The summed E-state index contributed by atoms with van der Waals surface area (Å²) in [4.78, 5) is 11.2. The average molecular weight is 243 g/mol. The molecule has 0 rings (SSSR count). The highest BCUT2D eigenvalue weighted by Gasteiger charge is 1.94. The summed E-state index contributed by atoms with van der Waals surface area (Å²) >= 11 is 0. The number of hydrogen-bond acceptors (Lipinski definition) is 5. The molecule has 0 aliphatic carbocycles. The molecule has 0 bridgehead atoms. The number of carboxylic acids is 1. The molecule has 0 unspecified atom stereocenters. The van der Waals surface area contributed by atoms with Crippen LogP contribution in [0.2, 0.25) is 0 Å². The van der Waals surface area contributed by atoms with Crippen LogP contribution in [0.4, 0.5) is 0 Å². The maximum absolute atomic E-state index is 9.33. The van der Waals surface area contributed by atoms with E-state index in [0.717, 1.165) is 13.2 Å². The summed E-state index contributed by atoms with van der Waals surface area (Å²) in [7, 11) is 2.71. The minimum absolute atomic E-state index is 0.833. The van der Waals surface area contributed by atoms with Gasteiger partial charge in [-0.1, -0.05) is 6.58 Å². The van der Waals surface area contributed by atoms with Gasteiger partial charge in [0.2, 0.25) is 0 Å². The number of carbonyl (C=O) groups is 1. The van der Waals surface area contributed by atoms with Gasteiger partial charge in [0.05, 0.1) is 7.11 Å². The molecule has 0 radical (unpaired) electrons. The minimum Gasteiger partial charge on any atom is -0.478 e. The molecule has 0 atom stereocenters. The molecule has 0 aromatic rings. The van der Waals surface area contributed by atoms with Gasteiger partial charge in [0.15, 0.2) is 0 Å². The summed E-state index contributed by atoms with van der Waals surface area (Å²) in [6.07, 6.45) is 0.833. The van der Waals surface area contributed by atoms with Crippen molar-refractivity contribution in [2.75, 3.05) is 28.3 Å². The number of carboxylic acid groups (broad SMARTS) is 1. The predicted octanol–water partition coefficient (Wildman–Crippen LogP) is -0.130. The smallest absolute Gasteiger partial charge is 0.397 e. The van der Waals surface area contributed by atoms with E-state index in [9.17, 15) is 13.2 Å². The molecule has 2 N–H and O–H groups in total. The van der Waals surface area contributed by atoms with Crippen molar-refractivity contribution in [1.82, 2.24) is 4.90 Å². The van der Waals surface area contributed by atoms with Gasteiger partial charge in [0.1, 0.15) is 0 Å². The average Bonchev–Trinajstić information content (AvgIpc) is 2.03. The monoisotopic (exact) mass is 243 g/mol. The molecule has 0 saturated heterocycles. The summed E-state index contributed by atoms with van der Waals surface area (Å²) in [6, 6.07) is 0. The highest BCUT2D eigenvalue weighted by molar-refractivity contribution is 7.80. The number of rotatable bonds is 2. The molecule has 0 fully saturated rings. The van der Waals surface area contributed by atoms with Crippen LogP contribution in [-0.2, 0) is 19.4 Å². The quantitative estimate of drug-likeness (QED) is 0.514. The molecular weight excluding hydrogens is 226 g/mol. The maximum atomic E-state index is 9.33. The third kappa shape index (κ3) is 97.4. The van der Waals surface area contributed by atoms with Crippen LogP contribution in [0.25, 0.3) is 0 Å². The molecule has 0 heterocycles. The molecule has 7 nitrogen and oxygen atoms in total. The Morgan fingerprint density at radius 3 is 1.53 bits per heavy atom. The van der Waals surface area contributed by atoms with Crippen LogP contribution in [0, 0.1) is 0 Å².